The Kier molecular flexibility index (Phi) is 4.03. The highest BCUT2D eigenvalue weighted by molar-refractivity contribution is 7.13. The minimum atomic E-state index is -0.248. The second-order valence-electron chi connectivity index (χ2n) is 4.67. The van der Waals surface area contributed by atoms with Crippen LogP contribution < -0.4 is 16.0 Å². The van der Waals surface area contributed by atoms with E-state index in [1.165, 1.54) is 11.3 Å². The number of morpholine rings is 1. The van der Waals surface area contributed by atoms with Crippen molar-refractivity contribution >= 4 is 33.8 Å². The van der Waals surface area contributed by atoms with E-state index in [-0.39, 0.29) is 5.91 Å². The predicted molar refractivity (Wildman–Crippen MR) is 84.0 cm³/mol. The molecule has 1 aromatic heterocycles. The second-order valence-corrected chi connectivity index (χ2v) is 5.56. The lowest BCUT2D eigenvalue weighted by atomic mass is 10.2. The molecule has 0 unspecified atom stereocenters. The predicted octanol–water partition coefficient (Wildman–Crippen LogP) is 1.81. The van der Waals surface area contributed by atoms with Crippen molar-refractivity contribution in [3.63, 3.8) is 0 Å². The van der Waals surface area contributed by atoms with Crippen molar-refractivity contribution in [1.29, 1.82) is 0 Å². The van der Waals surface area contributed by atoms with Crippen LogP contribution in [0.4, 0.5) is 16.5 Å². The lowest BCUT2D eigenvalue weighted by Gasteiger charge is -2.28. The topological polar surface area (TPSA) is 80.5 Å². The maximum atomic E-state index is 12.0. The van der Waals surface area contributed by atoms with Crippen LogP contribution in [0.25, 0.3) is 0 Å². The smallest absolute Gasteiger partial charge is 0.275 e. The molecule has 1 aromatic carbocycles. The fourth-order valence-electron chi connectivity index (χ4n) is 2.16. The molecule has 6 nitrogen and oxygen atoms in total. The number of hydrogen-bond acceptors (Lipinski definition) is 6. The molecular weight excluding hydrogens is 288 g/mol. The summed E-state index contributed by atoms with van der Waals surface area (Å²) < 4.78 is 5.33. The zero-order valence-electron chi connectivity index (χ0n) is 11.4. The number of thiazole rings is 1. The van der Waals surface area contributed by atoms with Gasteiger partial charge in [-0.2, -0.15) is 0 Å². The monoisotopic (exact) mass is 304 g/mol. The minimum absolute atomic E-state index is 0.248. The summed E-state index contributed by atoms with van der Waals surface area (Å²) in [5.41, 5.74) is 7.74. The highest BCUT2D eigenvalue weighted by Gasteiger charge is 2.12. The number of nitrogens with two attached hydrogens (primary N) is 1. The van der Waals surface area contributed by atoms with Crippen LogP contribution in [0, 0.1) is 0 Å². The molecule has 7 heteroatoms. The number of nitrogens with zero attached hydrogens (tertiary/aromatic N) is 2. The molecule has 2 heterocycles. The summed E-state index contributed by atoms with van der Waals surface area (Å²) in [5.74, 6) is -0.248. The van der Waals surface area contributed by atoms with Gasteiger partial charge in [0.1, 0.15) is 5.69 Å². The Balaban J connectivity index is 1.65. The molecule has 0 atom stereocenters. The molecule has 0 spiro atoms. The fraction of sp³-hybridized carbons (Fsp3) is 0.286. The molecule has 1 aliphatic heterocycles. The van der Waals surface area contributed by atoms with Gasteiger partial charge in [-0.05, 0) is 24.3 Å². The molecule has 2 aromatic rings. The van der Waals surface area contributed by atoms with Crippen LogP contribution >= 0.6 is 11.3 Å². The maximum absolute atomic E-state index is 12.0. The lowest BCUT2D eigenvalue weighted by molar-refractivity contribution is 0.102. The van der Waals surface area contributed by atoms with Gasteiger partial charge in [0.15, 0.2) is 5.13 Å². The van der Waals surface area contributed by atoms with E-state index in [1.54, 1.807) is 5.38 Å². The van der Waals surface area contributed by atoms with Crippen LogP contribution in [-0.2, 0) is 4.74 Å². The largest absolute Gasteiger partial charge is 0.378 e. The minimum Gasteiger partial charge on any atom is -0.378 e. The number of aromatic nitrogens is 1. The normalized spacial score (nSPS) is 15.0. The van der Waals surface area contributed by atoms with E-state index in [4.69, 9.17) is 10.5 Å². The SMILES string of the molecule is Nc1nc(C(=O)Nc2ccc(N3CCOCC3)cc2)cs1. The number of hydrogen-bond donors (Lipinski definition) is 2. The van der Waals surface area contributed by atoms with E-state index in [9.17, 15) is 4.79 Å². The lowest BCUT2D eigenvalue weighted by Crippen LogP contribution is -2.36. The Bertz CT molecular complexity index is 620. The number of ether oxygens (including phenoxy) is 1. The Labute approximate surface area is 126 Å². The molecule has 110 valence electrons. The van der Waals surface area contributed by atoms with E-state index in [1.807, 2.05) is 24.3 Å². The van der Waals surface area contributed by atoms with E-state index in [0.29, 0.717) is 10.8 Å². The molecule has 21 heavy (non-hydrogen) atoms. The number of carbonyl (C=O) groups is 1. The molecule has 0 aliphatic carbocycles. The Hall–Kier alpha value is -2.12. The molecule has 3 rings (SSSR count). The van der Waals surface area contributed by atoms with Crippen LogP contribution in [0.15, 0.2) is 29.6 Å². The first-order valence-corrected chi connectivity index (χ1v) is 7.55. The van der Waals surface area contributed by atoms with Crippen LogP contribution in [0.3, 0.4) is 0 Å². The molecule has 0 bridgehead atoms. The van der Waals surface area contributed by atoms with Gasteiger partial charge in [0.05, 0.1) is 13.2 Å². The number of anilines is 3. The number of nitrogens with one attached hydrogen (secondary N) is 1. The summed E-state index contributed by atoms with van der Waals surface area (Å²) in [6.45, 7) is 3.29. The van der Waals surface area contributed by atoms with Crippen molar-refractivity contribution in [2.75, 3.05) is 42.3 Å². The van der Waals surface area contributed by atoms with Crippen LogP contribution in [0.2, 0.25) is 0 Å². The highest BCUT2D eigenvalue weighted by atomic mass is 32.1. The van der Waals surface area contributed by atoms with E-state index in [2.05, 4.69) is 15.2 Å². The number of amides is 1. The molecule has 3 N–H and O–H groups in total. The Morgan fingerprint density at radius 2 is 2.00 bits per heavy atom. The van der Waals surface area contributed by atoms with Crippen molar-refractivity contribution < 1.29 is 9.53 Å². The van der Waals surface area contributed by atoms with Gasteiger partial charge < -0.3 is 20.7 Å². The molecule has 1 saturated heterocycles. The first kappa shape index (κ1) is 13.8. The molecule has 1 fully saturated rings. The average Bonchev–Trinajstić information content (AvgIpc) is 2.96. The van der Waals surface area contributed by atoms with E-state index in [0.717, 1.165) is 37.7 Å². The summed E-state index contributed by atoms with van der Waals surface area (Å²) in [7, 11) is 0. The van der Waals surface area contributed by atoms with Crippen LogP contribution in [-0.4, -0.2) is 37.2 Å². The third kappa shape index (κ3) is 3.32. The zero-order valence-corrected chi connectivity index (χ0v) is 12.2. The van der Waals surface area contributed by atoms with Crippen molar-refractivity contribution in [3.8, 4) is 0 Å². The Morgan fingerprint density at radius 3 is 2.62 bits per heavy atom. The van der Waals surface area contributed by atoms with Gasteiger partial charge in [0, 0.05) is 29.8 Å². The summed E-state index contributed by atoms with van der Waals surface area (Å²) in [6, 6.07) is 7.77. The zero-order chi connectivity index (χ0) is 14.7. The third-order valence-corrected chi connectivity index (χ3v) is 3.93. The maximum Gasteiger partial charge on any atom is 0.275 e. The first-order valence-electron chi connectivity index (χ1n) is 6.67. The van der Waals surface area contributed by atoms with Gasteiger partial charge >= 0.3 is 0 Å². The van der Waals surface area contributed by atoms with Crippen molar-refractivity contribution in [2.45, 2.75) is 0 Å². The summed E-state index contributed by atoms with van der Waals surface area (Å²) in [4.78, 5) is 18.2. The highest BCUT2D eigenvalue weighted by Crippen LogP contribution is 2.20. The van der Waals surface area contributed by atoms with E-state index >= 15 is 0 Å². The molecule has 1 aliphatic rings. The van der Waals surface area contributed by atoms with Gasteiger partial charge in [-0.25, -0.2) is 4.98 Å². The second kappa shape index (κ2) is 6.11. The van der Waals surface area contributed by atoms with Crippen LogP contribution in [0.1, 0.15) is 10.5 Å². The van der Waals surface area contributed by atoms with Crippen LogP contribution in [0.5, 0.6) is 0 Å². The summed E-state index contributed by atoms with van der Waals surface area (Å²) >= 11 is 1.25. The molecule has 1 amide bonds. The average molecular weight is 304 g/mol. The van der Waals surface area contributed by atoms with Gasteiger partial charge in [-0.15, -0.1) is 11.3 Å². The van der Waals surface area contributed by atoms with Gasteiger partial charge in [0.2, 0.25) is 0 Å². The number of benzene rings is 1. The number of carbonyl (C=O) groups excluding carboxylic acids is 1. The molecule has 0 radical (unpaired) electrons. The standard InChI is InChI=1S/C14H16N4O2S/c15-14-17-12(9-21-14)13(19)16-10-1-3-11(4-2-10)18-5-7-20-8-6-18/h1-4,9H,5-8H2,(H2,15,17)(H,16,19). The fourth-order valence-corrected chi connectivity index (χ4v) is 2.71. The summed E-state index contributed by atoms with van der Waals surface area (Å²) in [5, 5.41) is 4.85. The van der Waals surface area contributed by atoms with Gasteiger partial charge in [0.25, 0.3) is 5.91 Å². The van der Waals surface area contributed by atoms with Crippen molar-refractivity contribution in [1.82, 2.24) is 4.98 Å². The molecule has 0 saturated carbocycles. The van der Waals surface area contributed by atoms with Gasteiger partial charge in [-0.3, -0.25) is 4.79 Å². The van der Waals surface area contributed by atoms with E-state index < -0.39 is 0 Å². The first-order chi connectivity index (χ1) is 10.2. The third-order valence-electron chi connectivity index (χ3n) is 3.26. The van der Waals surface area contributed by atoms with Gasteiger partial charge in [-0.1, -0.05) is 0 Å². The quantitative estimate of drug-likeness (QED) is 0.904. The van der Waals surface area contributed by atoms with Crippen molar-refractivity contribution in [2.24, 2.45) is 0 Å². The molecular formula is C14H16N4O2S. The van der Waals surface area contributed by atoms with Crippen molar-refractivity contribution in [3.05, 3.63) is 35.3 Å². The number of nitrogen functional groups attached to an aromatic ring is 1. The number of rotatable bonds is 3. The summed E-state index contributed by atoms with van der Waals surface area (Å²) in [6.07, 6.45) is 0. The Morgan fingerprint density at radius 1 is 1.29 bits per heavy atom.